The third-order valence-electron chi connectivity index (χ3n) is 4.66. The Labute approximate surface area is 162 Å². The molecular weight excluding hydrogens is 369 g/mol. The van der Waals surface area contributed by atoms with Gasteiger partial charge in [0.1, 0.15) is 5.82 Å². The van der Waals surface area contributed by atoms with Crippen molar-refractivity contribution in [3.05, 3.63) is 64.4 Å². The van der Waals surface area contributed by atoms with Crippen LogP contribution in [-0.2, 0) is 0 Å². The van der Waals surface area contributed by atoms with Crippen molar-refractivity contribution in [1.29, 1.82) is 0 Å². The fraction of sp³-hybridized carbons (Fsp3) is 0.300. The molecule has 2 aromatic carbocycles. The predicted octanol–water partition coefficient (Wildman–Crippen LogP) is 3.14. The highest BCUT2D eigenvalue weighted by Crippen LogP contribution is 2.22. The Hall–Kier alpha value is -2.60. The monoisotopic (exact) mass is 389 g/mol. The lowest BCUT2D eigenvalue weighted by molar-refractivity contribution is 0.0533. The topological polar surface area (TPSA) is 43.9 Å². The van der Waals surface area contributed by atoms with Gasteiger partial charge in [0, 0.05) is 51.5 Å². The molecule has 7 heteroatoms. The number of carbonyl (C=O) groups is 2. The van der Waals surface area contributed by atoms with E-state index < -0.39 is 11.7 Å². The summed E-state index contributed by atoms with van der Waals surface area (Å²) in [7, 11) is 3.88. The molecular formula is C20H21ClFN3O2. The maximum atomic E-state index is 14.0. The van der Waals surface area contributed by atoms with E-state index >= 15 is 0 Å². The maximum Gasteiger partial charge on any atom is 0.258 e. The summed E-state index contributed by atoms with van der Waals surface area (Å²) in [5.74, 6) is -1.15. The summed E-state index contributed by atoms with van der Waals surface area (Å²) in [5.41, 5.74) is 1.51. The minimum Gasteiger partial charge on any atom is -0.378 e. The fourth-order valence-corrected chi connectivity index (χ4v) is 3.30. The first kappa shape index (κ1) is 19.2. The number of halogens is 2. The number of hydrogen-bond acceptors (Lipinski definition) is 3. The third kappa shape index (κ3) is 4.06. The van der Waals surface area contributed by atoms with Crippen molar-refractivity contribution in [3.8, 4) is 0 Å². The van der Waals surface area contributed by atoms with Gasteiger partial charge in [-0.3, -0.25) is 9.59 Å². The largest absolute Gasteiger partial charge is 0.378 e. The number of rotatable bonds is 3. The molecule has 1 heterocycles. The van der Waals surface area contributed by atoms with Gasteiger partial charge in [0.15, 0.2) is 0 Å². The summed E-state index contributed by atoms with van der Waals surface area (Å²) in [6.07, 6.45) is 0. The Morgan fingerprint density at radius 1 is 0.926 bits per heavy atom. The average molecular weight is 390 g/mol. The molecule has 2 amide bonds. The van der Waals surface area contributed by atoms with Crippen LogP contribution in [0.15, 0.2) is 42.5 Å². The van der Waals surface area contributed by atoms with E-state index in [1.807, 2.05) is 31.1 Å². The van der Waals surface area contributed by atoms with Crippen LogP contribution in [0.5, 0.6) is 0 Å². The highest BCUT2D eigenvalue weighted by molar-refractivity contribution is 6.33. The first-order chi connectivity index (χ1) is 12.9. The zero-order chi connectivity index (χ0) is 19.6. The normalized spacial score (nSPS) is 14.2. The van der Waals surface area contributed by atoms with Crippen molar-refractivity contribution >= 4 is 29.1 Å². The minimum absolute atomic E-state index is 0.0728. The van der Waals surface area contributed by atoms with Gasteiger partial charge in [-0.05, 0) is 36.4 Å². The van der Waals surface area contributed by atoms with Crippen LogP contribution in [0, 0.1) is 5.82 Å². The van der Waals surface area contributed by atoms with Gasteiger partial charge in [-0.1, -0.05) is 17.7 Å². The van der Waals surface area contributed by atoms with Crippen molar-refractivity contribution in [3.63, 3.8) is 0 Å². The van der Waals surface area contributed by atoms with E-state index in [0.29, 0.717) is 31.7 Å². The summed E-state index contributed by atoms with van der Waals surface area (Å²) < 4.78 is 14.0. The van der Waals surface area contributed by atoms with Crippen LogP contribution in [0.2, 0.25) is 5.02 Å². The predicted molar refractivity (Wildman–Crippen MR) is 104 cm³/mol. The van der Waals surface area contributed by atoms with Crippen LogP contribution in [0.3, 0.4) is 0 Å². The number of carbonyl (C=O) groups excluding carboxylic acids is 2. The second-order valence-corrected chi connectivity index (χ2v) is 7.03. The molecule has 1 saturated heterocycles. The third-order valence-corrected chi connectivity index (χ3v) is 4.98. The van der Waals surface area contributed by atoms with Gasteiger partial charge in [0.2, 0.25) is 0 Å². The molecule has 0 N–H and O–H groups in total. The number of benzene rings is 2. The van der Waals surface area contributed by atoms with E-state index in [9.17, 15) is 14.0 Å². The first-order valence-corrected chi connectivity index (χ1v) is 9.06. The van der Waals surface area contributed by atoms with E-state index in [2.05, 4.69) is 0 Å². The van der Waals surface area contributed by atoms with Gasteiger partial charge in [0.05, 0.1) is 10.6 Å². The molecule has 142 valence electrons. The number of anilines is 1. The molecule has 0 spiro atoms. The van der Waals surface area contributed by atoms with Gasteiger partial charge in [-0.2, -0.15) is 0 Å². The van der Waals surface area contributed by atoms with E-state index in [1.54, 1.807) is 17.0 Å². The Kier molecular flexibility index (Phi) is 5.65. The number of piperazine rings is 1. The molecule has 1 fully saturated rings. The molecule has 3 rings (SSSR count). The van der Waals surface area contributed by atoms with Crippen LogP contribution < -0.4 is 4.90 Å². The molecule has 1 aliphatic rings. The first-order valence-electron chi connectivity index (χ1n) is 8.68. The molecule has 0 aliphatic carbocycles. The second-order valence-electron chi connectivity index (χ2n) is 6.62. The van der Waals surface area contributed by atoms with Gasteiger partial charge in [0.25, 0.3) is 11.8 Å². The number of amides is 2. The summed E-state index contributed by atoms with van der Waals surface area (Å²) in [6, 6.07) is 11.6. The van der Waals surface area contributed by atoms with Gasteiger partial charge in [-0.25, -0.2) is 4.39 Å². The highest BCUT2D eigenvalue weighted by atomic mass is 35.5. The number of nitrogens with zero attached hydrogens (tertiary/aromatic N) is 3. The SMILES string of the molecule is CN(C)c1ccc(C(=O)N2CCN(C(=O)c3c(F)cccc3Cl)CC2)cc1. The van der Waals surface area contributed by atoms with Crippen LogP contribution in [-0.4, -0.2) is 61.9 Å². The van der Waals surface area contributed by atoms with Crippen LogP contribution in [0.25, 0.3) is 0 Å². The van der Waals surface area contributed by atoms with Gasteiger partial charge in [-0.15, -0.1) is 0 Å². The summed E-state index contributed by atoms with van der Waals surface area (Å²) in [5, 5.41) is 0.0967. The van der Waals surface area contributed by atoms with Crippen molar-refractivity contribution in [2.24, 2.45) is 0 Å². The highest BCUT2D eigenvalue weighted by Gasteiger charge is 2.28. The Balaban J connectivity index is 1.64. The van der Waals surface area contributed by atoms with Crippen LogP contribution in [0.4, 0.5) is 10.1 Å². The fourth-order valence-electron chi connectivity index (χ4n) is 3.06. The Bertz CT molecular complexity index is 827. The lowest BCUT2D eigenvalue weighted by atomic mass is 10.1. The Morgan fingerprint density at radius 3 is 2.00 bits per heavy atom. The van der Waals surface area contributed by atoms with Gasteiger partial charge >= 0.3 is 0 Å². The van der Waals surface area contributed by atoms with Crippen molar-refractivity contribution in [2.75, 3.05) is 45.2 Å². The molecule has 27 heavy (non-hydrogen) atoms. The molecule has 0 saturated carbocycles. The number of hydrogen-bond donors (Lipinski definition) is 0. The van der Waals surface area contributed by atoms with Crippen LogP contribution in [0.1, 0.15) is 20.7 Å². The molecule has 0 radical (unpaired) electrons. The Morgan fingerprint density at radius 2 is 1.48 bits per heavy atom. The molecule has 0 aromatic heterocycles. The molecule has 0 bridgehead atoms. The lowest BCUT2D eigenvalue weighted by Crippen LogP contribution is -2.50. The molecule has 5 nitrogen and oxygen atoms in total. The quantitative estimate of drug-likeness (QED) is 0.810. The minimum atomic E-state index is -0.632. The van der Waals surface area contributed by atoms with E-state index in [4.69, 9.17) is 11.6 Å². The van der Waals surface area contributed by atoms with Crippen molar-refractivity contribution in [2.45, 2.75) is 0 Å². The average Bonchev–Trinajstić information content (AvgIpc) is 2.67. The second kappa shape index (κ2) is 7.96. The van der Waals surface area contributed by atoms with Crippen LogP contribution >= 0.6 is 11.6 Å². The summed E-state index contributed by atoms with van der Waals surface area (Å²) in [6.45, 7) is 1.47. The van der Waals surface area contributed by atoms with E-state index in [1.165, 1.54) is 23.1 Å². The van der Waals surface area contributed by atoms with E-state index in [0.717, 1.165) is 5.69 Å². The summed E-state index contributed by atoms with van der Waals surface area (Å²) >= 11 is 5.98. The molecule has 2 aromatic rings. The zero-order valence-corrected chi connectivity index (χ0v) is 16.0. The molecule has 0 atom stereocenters. The van der Waals surface area contributed by atoms with Crippen molar-refractivity contribution in [1.82, 2.24) is 9.80 Å². The summed E-state index contributed by atoms with van der Waals surface area (Å²) in [4.78, 5) is 30.4. The van der Waals surface area contributed by atoms with E-state index in [-0.39, 0.29) is 16.5 Å². The lowest BCUT2D eigenvalue weighted by Gasteiger charge is -2.35. The molecule has 1 aliphatic heterocycles. The zero-order valence-electron chi connectivity index (χ0n) is 15.3. The molecule has 0 unspecified atom stereocenters. The smallest absolute Gasteiger partial charge is 0.258 e. The van der Waals surface area contributed by atoms with Crippen molar-refractivity contribution < 1.29 is 14.0 Å². The standard InChI is InChI=1S/C20H21ClFN3O2/c1-23(2)15-8-6-14(7-9-15)19(26)24-10-12-25(13-11-24)20(27)18-16(21)4-3-5-17(18)22/h3-9H,10-13H2,1-2H3. The van der Waals surface area contributed by atoms with Gasteiger partial charge < -0.3 is 14.7 Å². The maximum absolute atomic E-state index is 14.0.